The highest BCUT2D eigenvalue weighted by atomic mass is 16.5. The molecule has 7 nitrogen and oxygen atoms in total. The van der Waals surface area contributed by atoms with Crippen molar-refractivity contribution >= 4 is 17.9 Å². The second-order valence-electron chi connectivity index (χ2n) is 6.42. The molecule has 0 atom stereocenters. The van der Waals surface area contributed by atoms with E-state index in [0.29, 0.717) is 24.7 Å². The maximum Gasteiger partial charge on any atom is 0.255 e. The quantitative estimate of drug-likeness (QED) is 0.621. The highest BCUT2D eigenvalue weighted by Gasteiger charge is 2.08. The first-order valence-corrected chi connectivity index (χ1v) is 9.11. The molecule has 0 bridgehead atoms. The van der Waals surface area contributed by atoms with E-state index >= 15 is 0 Å². The molecule has 2 N–H and O–H groups in total. The molecule has 2 aromatic rings. The number of aryl methyl sites for hydroxylation is 1. The Labute approximate surface area is 170 Å². The summed E-state index contributed by atoms with van der Waals surface area (Å²) in [7, 11) is 3.21. The Morgan fingerprint density at radius 1 is 1.07 bits per heavy atom. The van der Waals surface area contributed by atoms with E-state index in [1.54, 1.807) is 36.2 Å². The summed E-state index contributed by atoms with van der Waals surface area (Å²) >= 11 is 0. The van der Waals surface area contributed by atoms with Crippen LogP contribution in [-0.2, 0) is 9.59 Å². The van der Waals surface area contributed by atoms with E-state index < -0.39 is 5.91 Å². The molecule has 0 heterocycles. The summed E-state index contributed by atoms with van der Waals surface area (Å²) in [4.78, 5) is 24.7. The molecule has 0 aliphatic heterocycles. The highest BCUT2D eigenvalue weighted by molar-refractivity contribution is 5.91. The summed E-state index contributed by atoms with van der Waals surface area (Å²) in [5.74, 6) is 0.903. The third-order valence-electron chi connectivity index (χ3n) is 4.07. The number of rotatable bonds is 10. The molecule has 0 aliphatic carbocycles. The predicted octanol–water partition coefficient (Wildman–Crippen LogP) is 2.42. The van der Waals surface area contributed by atoms with Crippen LogP contribution in [0.3, 0.4) is 0 Å². The minimum atomic E-state index is -0.573. The van der Waals surface area contributed by atoms with Crippen LogP contribution in [0.15, 0.2) is 48.5 Å². The Morgan fingerprint density at radius 2 is 1.79 bits per heavy atom. The maximum absolute atomic E-state index is 12.3. The van der Waals surface area contributed by atoms with Crippen LogP contribution in [0.4, 0.5) is 0 Å². The first-order chi connectivity index (χ1) is 13.9. The van der Waals surface area contributed by atoms with Crippen LogP contribution in [-0.4, -0.2) is 50.6 Å². The van der Waals surface area contributed by atoms with E-state index in [4.69, 9.17) is 19.9 Å². The van der Waals surface area contributed by atoms with Crippen molar-refractivity contribution in [3.8, 4) is 17.2 Å². The van der Waals surface area contributed by atoms with E-state index in [2.05, 4.69) is 0 Å². The van der Waals surface area contributed by atoms with Crippen molar-refractivity contribution in [2.45, 2.75) is 6.92 Å². The minimum Gasteiger partial charge on any atom is -0.493 e. The fourth-order valence-corrected chi connectivity index (χ4v) is 2.40. The number of nitrogens with zero attached hydrogens (tertiary/aromatic N) is 1. The van der Waals surface area contributed by atoms with Gasteiger partial charge in [0.05, 0.1) is 13.7 Å². The van der Waals surface area contributed by atoms with Crippen LogP contribution >= 0.6 is 0 Å². The lowest BCUT2D eigenvalue weighted by Crippen LogP contribution is -2.29. The van der Waals surface area contributed by atoms with Crippen LogP contribution in [0, 0.1) is 6.92 Å². The summed E-state index contributed by atoms with van der Waals surface area (Å²) in [6, 6.07) is 12.9. The Hall–Kier alpha value is -3.48. The normalized spacial score (nSPS) is 10.6. The van der Waals surface area contributed by atoms with Crippen molar-refractivity contribution in [1.82, 2.24) is 4.90 Å². The third kappa shape index (κ3) is 7.21. The lowest BCUT2D eigenvalue weighted by atomic mass is 10.2. The number of ether oxygens (including phenoxy) is 3. The van der Waals surface area contributed by atoms with Gasteiger partial charge in [-0.1, -0.05) is 23.8 Å². The molecule has 2 rings (SSSR count). The minimum absolute atomic E-state index is 0.148. The van der Waals surface area contributed by atoms with Gasteiger partial charge in [-0.2, -0.15) is 0 Å². The molecule has 154 valence electrons. The number of hydrogen-bond acceptors (Lipinski definition) is 5. The van der Waals surface area contributed by atoms with Crippen LogP contribution < -0.4 is 19.9 Å². The molecule has 0 fully saturated rings. The van der Waals surface area contributed by atoms with Gasteiger partial charge in [-0.25, -0.2) is 0 Å². The zero-order valence-corrected chi connectivity index (χ0v) is 16.9. The average Bonchev–Trinajstić information content (AvgIpc) is 2.71. The molecule has 0 spiro atoms. The molecule has 0 saturated heterocycles. The molecule has 29 heavy (non-hydrogen) atoms. The van der Waals surface area contributed by atoms with Gasteiger partial charge in [0.15, 0.2) is 18.1 Å². The smallest absolute Gasteiger partial charge is 0.255 e. The number of benzene rings is 2. The Kier molecular flexibility index (Phi) is 8.09. The first kappa shape index (κ1) is 21.8. The van der Waals surface area contributed by atoms with Gasteiger partial charge in [-0.05, 0) is 42.8 Å². The standard InChI is InChI=1S/C22H26N2O5/c1-16-4-8-18(9-5-16)28-13-12-24(2)22(26)11-7-17-6-10-19(20(14-17)27-3)29-15-21(23)25/h4-11,14H,12-13,15H2,1-3H3,(H2,23,25)/b11-7+. The van der Waals surface area contributed by atoms with Gasteiger partial charge >= 0.3 is 0 Å². The number of methoxy groups -OCH3 is 1. The fraction of sp³-hybridized carbons (Fsp3) is 0.273. The number of carbonyl (C=O) groups is 2. The first-order valence-electron chi connectivity index (χ1n) is 9.11. The van der Waals surface area contributed by atoms with Crippen molar-refractivity contribution in [2.24, 2.45) is 5.73 Å². The molecule has 7 heteroatoms. The Morgan fingerprint density at radius 3 is 2.45 bits per heavy atom. The SMILES string of the molecule is COc1cc(/C=C/C(=O)N(C)CCOc2ccc(C)cc2)ccc1OCC(N)=O. The molecule has 0 aromatic heterocycles. The van der Waals surface area contributed by atoms with Gasteiger partial charge in [0, 0.05) is 13.1 Å². The summed E-state index contributed by atoms with van der Waals surface area (Å²) < 4.78 is 16.2. The monoisotopic (exact) mass is 398 g/mol. The van der Waals surface area contributed by atoms with Crippen LogP contribution in [0.1, 0.15) is 11.1 Å². The predicted molar refractivity (Wildman–Crippen MR) is 111 cm³/mol. The molecule has 0 saturated carbocycles. The van der Waals surface area contributed by atoms with E-state index in [0.717, 1.165) is 11.3 Å². The molecular formula is C22H26N2O5. The summed E-state index contributed by atoms with van der Waals surface area (Å²) in [5, 5.41) is 0. The Balaban J connectivity index is 1.88. The van der Waals surface area contributed by atoms with E-state index in [9.17, 15) is 9.59 Å². The van der Waals surface area contributed by atoms with Gasteiger partial charge in [0.1, 0.15) is 12.4 Å². The van der Waals surface area contributed by atoms with Gasteiger partial charge in [-0.15, -0.1) is 0 Å². The molecule has 0 unspecified atom stereocenters. The fourth-order valence-electron chi connectivity index (χ4n) is 2.40. The zero-order valence-electron chi connectivity index (χ0n) is 16.9. The molecule has 0 radical (unpaired) electrons. The second kappa shape index (κ2) is 10.8. The second-order valence-corrected chi connectivity index (χ2v) is 6.42. The number of nitrogens with two attached hydrogens (primary N) is 1. The summed E-state index contributed by atoms with van der Waals surface area (Å²) in [6.45, 7) is 2.64. The van der Waals surface area contributed by atoms with Crippen LogP contribution in [0.2, 0.25) is 0 Å². The lowest BCUT2D eigenvalue weighted by molar-refractivity contribution is -0.125. The van der Waals surface area contributed by atoms with Crippen LogP contribution in [0.25, 0.3) is 6.08 Å². The molecule has 2 amide bonds. The number of amides is 2. The van der Waals surface area contributed by atoms with Gasteiger partial charge in [0.25, 0.3) is 5.91 Å². The average molecular weight is 398 g/mol. The Bertz CT molecular complexity index is 862. The molecular weight excluding hydrogens is 372 g/mol. The van der Waals surface area contributed by atoms with Gasteiger partial charge in [0.2, 0.25) is 5.91 Å². The van der Waals surface area contributed by atoms with E-state index in [-0.39, 0.29) is 12.5 Å². The van der Waals surface area contributed by atoms with Crippen molar-refractivity contribution in [3.63, 3.8) is 0 Å². The lowest BCUT2D eigenvalue weighted by Gasteiger charge is -2.15. The van der Waals surface area contributed by atoms with Crippen molar-refractivity contribution in [2.75, 3.05) is 33.9 Å². The van der Waals surface area contributed by atoms with Crippen molar-refractivity contribution in [3.05, 3.63) is 59.7 Å². The van der Waals surface area contributed by atoms with Gasteiger partial charge in [-0.3, -0.25) is 9.59 Å². The van der Waals surface area contributed by atoms with Gasteiger partial charge < -0.3 is 24.8 Å². The summed E-state index contributed by atoms with van der Waals surface area (Å²) in [6.07, 6.45) is 3.16. The topological polar surface area (TPSA) is 91.1 Å². The third-order valence-corrected chi connectivity index (χ3v) is 4.07. The highest BCUT2D eigenvalue weighted by Crippen LogP contribution is 2.28. The number of carbonyl (C=O) groups excluding carboxylic acids is 2. The molecule has 0 aliphatic rings. The number of primary amides is 1. The number of hydrogen-bond donors (Lipinski definition) is 1. The largest absolute Gasteiger partial charge is 0.493 e. The van der Waals surface area contributed by atoms with Crippen LogP contribution in [0.5, 0.6) is 17.2 Å². The van der Waals surface area contributed by atoms with E-state index in [1.807, 2.05) is 31.2 Å². The van der Waals surface area contributed by atoms with Crippen molar-refractivity contribution < 1.29 is 23.8 Å². The zero-order chi connectivity index (χ0) is 21.2. The van der Waals surface area contributed by atoms with Crippen molar-refractivity contribution in [1.29, 1.82) is 0 Å². The summed E-state index contributed by atoms with van der Waals surface area (Å²) in [5.41, 5.74) is 7.00. The number of likely N-dealkylation sites (N-methyl/N-ethyl adjacent to an activating group) is 1. The maximum atomic E-state index is 12.3. The van der Waals surface area contributed by atoms with E-state index in [1.165, 1.54) is 18.7 Å². The molecule has 2 aromatic carbocycles.